The Kier molecular flexibility index (Phi) is 3.05. The van der Waals surface area contributed by atoms with Crippen molar-refractivity contribution in [3.63, 3.8) is 0 Å². The van der Waals surface area contributed by atoms with Crippen LogP contribution >= 0.6 is 15.9 Å². The number of anilines is 1. The summed E-state index contributed by atoms with van der Waals surface area (Å²) >= 11 is 3.29. The molecule has 0 aliphatic heterocycles. The maximum atomic E-state index is 12.0. The molecule has 2 heterocycles. The summed E-state index contributed by atoms with van der Waals surface area (Å²) in [4.78, 5) is 19.2. The highest BCUT2D eigenvalue weighted by molar-refractivity contribution is 9.10. The van der Waals surface area contributed by atoms with Gasteiger partial charge in [-0.1, -0.05) is 18.2 Å². The number of benzene rings is 1. The molecule has 94 valence electrons. The second-order valence-electron chi connectivity index (χ2n) is 4.10. The first-order valence-corrected chi connectivity index (χ1v) is 6.52. The molecule has 5 heteroatoms. The predicted molar refractivity (Wildman–Crippen MR) is 78.2 cm³/mol. The van der Waals surface area contributed by atoms with E-state index in [-0.39, 0.29) is 5.91 Å². The van der Waals surface area contributed by atoms with Crippen LogP contribution in [0.2, 0.25) is 0 Å². The molecule has 0 aliphatic rings. The van der Waals surface area contributed by atoms with E-state index in [1.807, 2.05) is 30.3 Å². The fourth-order valence-corrected chi connectivity index (χ4v) is 2.18. The zero-order valence-corrected chi connectivity index (χ0v) is 11.4. The molecule has 2 N–H and O–H groups in total. The fourth-order valence-electron chi connectivity index (χ4n) is 1.84. The summed E-state index contributed by atoms with van der Waals surface area (Å²) in [5.74, 6) is -0.192. The second kappa shape index (κ2) is 4.85. The van der Waals surface area contributed by atoms with Crippen molar-refractivity contribution in [1.29, 1.82) is 0 Å². The van der Waals surface area contributed by atoms with Crippen molar-refractivity contribution in [3.05, 3.63) is 59.0 Å². The highest BCUT2D eigenvalue weighted by Gasteiger charge is 2.08. The van der Waals surface area contributed by atoms with Crippen molar-refractivity contribution >= 4 is 38.4 Å². The van der Waals surface area contributed by atoms with Gasteiger partial charge in [-0.25, -0.2) is 0 Å². The zero-order chi connectivity index (χ0) is 13.2. The molecule has 0 spiro atoms. The molecule has 19 heavy (non-hydrogen) atoms. The first kappa shape index (κ1) is 11.9. The highest BCUT2D eigenvalue weighted by atomic mass is 79.9. The molecule has 0 radical (unpaired) electrons. The zero-order valence-electron chi connectivity index (χ0n) is 9.85. The number of amides is 1. The van der Waals surface area contributed by atoms with Crippen LogP contribution < -0.4 is 5.32 Å². The summed E-state index contributed by atoms with van der Waals surface area (Å²) in [5, 5.41) is 3.80. The molecular weight excluding hydrogens is 306 g/mol. The Bertz CT molecular complexity index is 751. The van der Waals surface area contributed by atoms with Gasteiger partial charge in [0.25, 0.3) is 5.91 Å². The number of rotatable bonds is 2. The summed E-state index contributed by atoms with van der Waals surface area (Å²) in [6.45, 7) is 0. The Labute approximate surface area is 118 Å². The third-order valence-corrected chi connectivity index (χ3v) is 3.20. The monoisotopic (exact) mass is 315 g/mol. The third-order valence-electron chi connectivity index (χ3n) is 2.74. The Hall–Kier alpha value is -2.14. The average Bonchev–Trinajstić information content (AvgIpc) is 2.85. The van der Waals surface area contributed by atoms with Gasteiger partial charge in [0, 0.05) is 16.1 Å². The van der Waals surface area contributed by atoms with Crippen LogP contribution in [0.5, 0.6) is 0 Å². The van der Waals surface area contributed by atoms with Gasteiger partial charge in [0.1, 0.15) is 5.69 Å². The molecule has 2 aromatic heterocycles. The molecule has 0 aliphatic carbocycles. The van der Waals surface area contributed by atoms with Crippen LogP contribution in [0, 0.1) is 0 Å². The van der Waals surface area contributed by atoms with Crippen LogP contribution in [0.25, 0.3) is 10.9 Å². The van der Waals surface area contributed by atoms with E-state index in [0.717, 1.165) is 15.4 Å². The van der Waals surface area contributed by atoms with Gasteiger partial charge < -0.3 is 10.3 Å². The second-order valence-corrected chi connectivity index (χ2v) is 5.02. The summed E-state index contributed by atoms with van der Waals surface area (Å²) in [7, 11) is 0. The lowest BCUT2D eigenvalue weighted by atomic mass is 10.2. The maximum absolute atomic E-state index is 12.0. The molecule has 0 saturated heterocycles. The molecule has 1 aromatic carbocycles. The van der Waals surface area contributed by atoms with Crippen LogP contribution in [0.1, 0.15) is 10.5 Å². The number of aromatic amines is 1. The Morgan fingerprint density at radius 3 is 2.89 bits per heavy atom. The minimum atomic E-state index is -0.192. The smallest absolute Gasteiger partial charge is 0.272 e. The molecule has 0 unspecified atom stereocenters. The van der Waals surface area contributed by atoms with Crippen molar-refractivity contribution in [2.75, 3.05) is 5.32 Å². The summed E-state index contributed by atoms with van der Waals surface area (Å²) in [5.41, 5.74) is 2.08. The van der Waals surface area contributed by atoms with Crippen LogP contribution in [-0.2, 0) is 0 Å². The number of hydrogen-bond acceptors (Lipinski definition) is 2. The van der Waals surface area contributed by atoms with Crippen molar-refractivity contribution < 1.29 is 4.79 Å². The molecule has 3 rings (SSSR count). The Morgan fingerprint density at radius 1 is 1.26 bits per heavy atom. The number of nitrogens with one attached hydrogen (secondary N) is 2. The van der Waals surface area contributed by atoms with Gasteiger partial charge in [-0.15, -0.1) is 0 Å². The third kappa shape index (κ3) is 2.51. The van der Waals surface area contributed by atoms with Crippen molar-refractivity contribution in [2.45, 2.75) is 0 Å². The normalized spacial score (nSPS) is 10.6. The lowest BCUT2D eigenvalue weighted by Crippen LogP contribution is -2.12. The molecule has 0 atom stereocenters. The molecule has 1 amide bonds. The number of fused-ring (bicyclic) bond motifs is 1. The van der Waals surface area contributed by atoms with Crippen LogP contribution in [0.3, 0.4) is 0 Å². The minimum absolute atomic E-state index is 0.192. The maximum Gasteiger partial charge on any atom is 0.272 e. The first-order valence-electron chi connectivity index (χ1n) is 5.72. The number of halogens is 1. The number of nitrogens with zero attached hydrogens (tertiary/aromatic N) is 1. The largest absolute Gasteiger partial charge is 0.356 e. The topological polar surface area (TPSA) is 57.8 Å². The van der Waals surface area contributed by atoms with Crippen molar-refractivity contribution in [3.8, 4) is 0 Å². The minimum Gasteiger partial charge on any atom is -0.356 e. The quantitative estimate of drug-likeness (QED) is 0.759. The molecule has 0 fully saturated rings. The molecule has 0 saturated carbocycles. The SMILES string of the molecule is O=C(Nc1cnc2ccccc2c1)c1cc(Br)c[nH]1. The molecular formula is C14H10BrN3O. The number of carbonyl (C=O) groups excluding carboxylic acids is 1. The number of carbonyl (C=O) groups is 1. The summed E-state index contributed by atoms with van der Waals surface area (Å²) < 4.78 is 0.842. The van der Waals surface area contributed by atoms with Gasteiger partial charge in [0.05, 0.1) is 17.4 Å². The van der Waals surface area contributed by atoms with Crippen molar-refractivity contribution in [2.24, 2.45) is 0 Å². The highest BCUT2D eigenvalue weighted by Crippen LogP contribution is 2.17. The van der Waals surface area contributed by atoms with Gasteiger partial charge in [-0.05, 0) is 34.1 Å². The van der Waals surface area contributed by atoms with E-state index in [4.69, 9.17) is 0 Å². The van der Waals surface area contributed by atoms with E-state index in [1.165, 1.54) is 0 Å². The number of H-pyrrole nitrogens is 1. The van der Waals surface area contributed by atoms with E-state index in [1.54, 1.807) is 18.5 Å². The number of aromatic nitrogens is 2. The van der Waals surface area contributed by atoms with E-state index >= 15 is 0 Å². The lowest BCUT2D eigenvalue weighted by molar-refractivity contribution is 0.102. The fraction of sp³-hybridized carbons (Fsp3) is 0. The predicted octanol–water partition coefficient (Wildman–Crippen LogP) is 3.58. The van der Waals surface area contributed by atoms with Crippen molar-refractivity contribution in [1.82, 2.24) is 9.97 Å². The average molecular weight is 316 g/mol. The lowest BCUT2D eigenvalue weighted by Gasteiger charge is -2.04. The van der Waals surface area contributed by atoms with Crippen LogP contribution in [-0.4, -0.2) is 15.9 Å². The van der Waals surface area contributed by atoms with E-state index < -0.39 is 0 Å². The molecule has 4 nitrogen and oxygen atoms in total. The summed E-state index contributed by atoms with van der Waals surface area (Å²) in [6.07, 6.45) is 3.37. The first-order chi connectivity index (χ1) is 9.22. The van der Waals surface area contributed by atoms with E-state index in [9.17, 15) is 4.79 Å². The van der Waals surface area contributed by atoms with Gasteiger partial charge in [-0.3, -0.25) is 9.78 Å². The van der Waals surface area contributed by atoms with E-state index in [0.29, 0.717) is 11.4 Å². The Morgan fingerprint density at radius 2 is 2.11 bits per heavy atom. The van der Waals surface area contributed by atoms with Gasteiger partial charge in [0.15, 0.2) is 0 Å². The molecule has 3 aromatic rings. The van der Waals surface area contributed by atoms with E-state index in [2.05, 4.69) is 31.2 Å². The van der Waals surface area contributed by atoms with Crippen LogP contribution in [0.4, 0.5) is 5.69 Å². The van der Waals surface area contributed by atoms with Crippen LogP contribution in [0.15, 0.2) is 53.3 Å². The van der Waals surface area contributed by atoms with Gasteiger partial charge in [0.2, 0.25) is 0 Å². The number of pyridine rings is 1. The van der Waals surface area contributed by atoms with Gasteiger partial charge >= 0.3 is 0 Å². The standard InChI is InChI=1S/C14H10BrN3O/c15-10-6-13(16-7-10)14(19)18-11-5-9-3-1-2-4-12(9)17-8-11/h1-8,16H,(H,18,19). The summed E-state index contributed by atoms with van der Waals surface area (Å²) in [6, 6.07) is 11.4. The number of hydrogen-bond donors (Lipinski definition) is 2. The molecule has 0 bridgehead atoms. The van der Waals surface area contributed by atoms with Gasteiger partial charge in [-0.2, -0.15) is 0 Å². The Balaban J connectivity index is 1.87. The number of para-hydroxylation sites is 1.